The lowest BCUT2D eigenvalue weighted by molar-refractivity contribution is -0.139. The second-order valence-corrected chi connectivity index (χ2v) is 5.66. The fraction of sp³-hybridized carbons (Fsp3) is 0.500. The molecule has 0 bridgehead atoms. The van der Waals surface area contributed by atoms with Gasteiger partial charge in [-0.3, -0.25) is 0 Å². The van der Waals surface area contributed by atoms with Crippen molar-refractivity contribution in [1.29, 1.82) is 0 Å². The standard InChI is InChI=1S/C16H24N2O3/c1-11(2)9-14(15(19)20)18-16(21)17-8-7-13-6-4-5-12(3)10-13/h4-6,10-11,14H,7-9H2,1-3H3,(H,19,20)(H2,17,18,21). The summed E-state index contributed by atoms with van der Waals surface area (Å²) in [6, 6.07) is 6.80. The van der Waals surface area contributed by atoms with Gasteiger partial charge in [0.15, 0.2) is 0 Å². The number of hydrogen-bond donors (Lipinski definition) is 3. The minimum Gasteiger partial charge on any atom is -0.480 e. The number of carboxylic acids is 1. The first-order valence-electron chi connectivity index (χ1n) is 7.21. The monoisotopic (exact) mass is 292 g/mol. The average molecular weight is 292 g/mol. The summed E-state index contributed by atoms with van der Waals surface area (Å²) < 4.78 is 0. The highest BCUT2D eigenvalue weighted by molar-refractivity contribution is 5.82. The van der Waals surface area contributed by atoms with E-state index >= 15 is 0 Å². The zero-order valence-electron chi connectivity index (χ0n) is 12.8. The van der Waals surface area contributed by atoms with E-state index in [9.17, 15) is 9.59 Å². The summed E-state index contributed by atoms with van der Waals surface area (Å²) >= 11 is 0. The molecule has 116 valence electrons. The van der Waals surface area contributed by atoms with Crippen LogP contribution in [0.25, 0.3) is 0 Å². The fourth-order valence-corrected chi connectivity index (χ4v) is 2.09. The third-order valence-electron chi connectivity index (χ3n) is 3.09. The van der Waals surface area contributed by atoms with Crippen molar-refractivity contribution in [3.05, 3.63) is 35.4 Å². The molecule has 1 unspecified atom stereocenters. The molecule has 0 spiro atoms. The Labute approximate surface area is 125 Å². The summed E-state index contributed by atoms with van der Waals surface area (Å²) in [4.78, 5) is 22.8. The molecule has 1 atom stereocenters. The van der Waals surface area contributed by atoms with Crippen LogP contribution in [0.15, 0.2) is 24.3 Å². The van der Waals surface area contributed by atoms with E-state index in [0.29, 0.717) is 13.0 Å². The third kappa shape index (κ3) is 6.79. The van der Waals surface area contributed by atoms with E-state index in [1.54, 1.807) is 0 Å². The van der Waals surface area contributed by atoms with Crippen molar-refractivity contribution >= 4 is 12.0 Å². The van der Waals surface area contributed by atoms with Crippen LogP contribution in [-0.4, -0.2) is 29.7 Å². The van der Waals surface area contributed by atoms with E-state index in [1.807, 2.05) is 39.0 Å². The first-order chi connectivity index (χ1) is 9.88. The van der Waals surface area contributed by atoms with Gasteiger partial charge in [0.05, 0.1) is 0 Å². The van der Waals surface area contributed by atoms with Gasteiger partial charge in [0.25, 0.3) is 0 Å². The van der Waals surface area contributed by atoms with Crippen molar-refractivity contribution in [2.24, 2.45) is 5.92 Å². The Hall–Kier alpha value is -2.04. The first kappa shape index (κ1) is 17.0. The lowest BCUT2D eigenvalue weighted by atomic mass is 10.0. The third-order valence-corrected chi connectivity index (χ3v) is 3.09. The van der Waals surface area contributed by atoms with Gasteiger partial charge in [-0.15, -0.1) is 0 Å². The molecule has 0 aliphatic heterocycles. The lowest BCUT2D eigenvalue weighted by Crippen LogP contribution is -2.47. The molecule has 1 aromatic rings. The summed E-state index contributed by atoms with van der Waals surface area (Å²) in [6.45, 7) is 6.34. The maximum atomic E-state index is 11.7. The molecule has 1 rings (SSSR count). The van der Waals surface area contributed by atoms with Gasteiger partial charge in [0.1, 0.15) is 6.04 Å². The predicted octanol–water partition coefficient (Wildman–Crippen LogP) is 2.34. The molecule has 0 aromatic heterocycles. The zero-order valence-corrected chi connectivity index (χ0v) is 12.8. The molecule has 21 heavy (non-hydrogen) atoms. The average Bonchev–Trinajstić information content (AvgIpc) is 2.37. The lowest BCUT2D eigenvalue weighted by Gasteiger charge is -2.17. The Morgan fingerprint density at radius 3 is 2.57 bits per heavy atom. The molecular formula is C16H24N2O3. The number of amides is 2. The number of urea groups is 1. The van der Waals surface area contributed by atoms with Crippen LogP contribution >= 0.6 is 0 Å². The van der Waals surface area contributed by atoms with Crippen LogP contribution in [0.3, 0.4) is 0 Å². The van der Waals surface area contributed by atoms with Crippen LogP contribution in [0.1, 0.15) is 31.4 Å². The second kappa shape index (κ2) is 8.29. The van der Waals surface area contributed by atoms with Crippen LogP contribution in [0.5, 0.6) is 0 Å². The van der Waals surface area contributed by atoms with E-state index in [1.165, 1.54) is 5.56 Å². The van der Waals surface area contributed by atoms with Crippen molar-refractivity contribution in [3.8, 4) is 0 Å². The number of benzene rings is 1. The van der Waals surface area contributed by atoms with E-state index in [-0.39, 0.29) is 5.92 Å². The van der Waals surface area contributed by atoms with Crippen molar-refractivity contribution in [1.82, 2.24) is 10.6 Å². The van der Waals surface area contributed by atoms with Crippen LogP contribution in [-0.2, 0) is 11.2 Å². The Morgan fingerprint density at radius 1 is 1.29 bits per heavy atom. The van der Waals surface area contributed by atoms with Gasteiger partial charge < -0.3 is 15.7 Å². The summed E-state index contributed by atoms with van der Waals surface area (Å²) in [6.07, 6.45) is 1.14. The minimum atomic E-state index is -1.00. The number of rotatable bonds is 7. The van der Waals surface area contributed by atoms with E-state index in [2.05, 4.69) is 16.7 Å². The molecular weight excluding hydrogens is 268 g/mol. The summed E-state index contributed by atoms with van der Waals surface area (Å²) in [7, 11) is 0. The molecule has 5 heteroatoms. The molecule has 0 aliphatic rings. The van der Waals surface area contributed by atoms with E-state index in [4.69, 9.17) is 5.11 Å². The SMILES string of the molecule is Cc1cccc(CCNC(=O)NC(CC(C)C)C(=O)O)c1. The van der Waals surface area contributed by atoms with Gasteiger partial charge in [0.2, 0.25) is 0 Å². The topological polar surface area (TPSA) is 78.4 Å². The second-order valence-electron chi connectivity index (χ2n) is 5.66. The number of nitrogens with one attached hydrogen (secondary N) is 2. The maximum Gasteiger partial charge on any atom is 0.326 e. The summed E-state index contributed by atoms with van der Waals surface area (Å²) in [5.41, 5.74) is 2.33. The molecule has 2 amide bonds. The molecule has 3 N–H and O–H groups in total. The van der Waals surface area contributed by atoms with Crippen molar-refractivity contribution in [2.45, 2.75) is 39.7 Å². The van der Waals surface area contributed by atoms with Gasteiger partial charge in [-0.2, -0.15) is 0 Å². The molecule has 0 saturated heterocycles. The Bertz CT molecular complexity index is 486. The number of aliphatic carboxylic acids is 1. The molecule has 0 heterocycles. The summed E-state index contributed by atoms with van der Waals surface area (Å²) in [5.74, 6) is -0.795. The van der Waals surface area contributed by atoms with Gasteiger partial charge in [-0.25, -0.2) is 9.59 Å². The molecule has 0 aliphatic carbocycles. The Balaban J connectivity index is 2.37. The number of carboxylic acid groups (broad SMARTS) is 1. The zero-order chi connectivity index (χ0) is 15.8. The Kier molecular flexibility index (Phi) is 6.72. The van der Waals surface area contributed by atoms with Gasteiger partial charge >= 0.3 is 12.0 Å². The maximum absolute atomic E-state index is 11.7. The van der Waals surface area contributed by atoms with Crippen LogP contribution in [0.2, 0.25) is 0 Å². The van der Waals surface area contributed by atoms with Crippen molar-refractivity contribution in [3.63, 3.8) is 0 Å². The van der Waals surface area contributed by atoms with E-state index in [0.717, 1.165) is 12.0 Å². The molecule has 1 aromatic carbocycles. The highest BCUT2D eigenvalue weighted by Crippen LogP contribution is 2.05. The Morgan fingerprint density at radius 2 is 2.00 bits per heavy atom. The van der Waals surface area contributed by atoms with Crippen molar-refractivity contribution in [2.75, 3.05) is 6.54 Å². The fourth-order valence-electron chi connectivity index (χ4n) is 2.09. The molecule has 0 saturated carbocycles. The van der Waals surface area contributed by atoms with Gasteiger partial charge in [0, 0.05) is 6.54 Å². The number of aryl methyl sites for hydroxylation is 1. The van der Waals surface area contributed by atoms with Crippen LogP contribution in [0.4, 0.5) is 4.79 Å². The van der Waals surface area contributed by atoms with Gasteiger partial charge in [-0.1, -0.05) is 43.7 Å². The molecule has 0 radical (unpaired) electrons. The minimum absolute atomic E-state index is 0.207. The quantitative estimate of drug-likeness (QED) is 0.721. The first-order valence-corrected chi connectivity index (χ1v) is 7.21. The van der Waals surface area contributed by atoms with Crippen LogP contribution < -0.4 is 10.6 Å². The normalized spacial score (nSPS) is 12.0. The van der Waals surface area contributed by atoms with Crippen LogP contribution in [0, 0.1) is 12.8 Å². The number of hydrogen-bond acceptors (Lipinski definition) is 2. The number of carbonyl (C=O) groups excluding carboxylic acids is 1. The smallest absolute Gasteiger partial charge is 0.326 e. The van der Waals surface area contributed by atoms with Gasteiger partial charge in [-0.05, 0) is 31.2 Å². The largest absolute Gasteiger partial charge is 0.480 e. The highest BCUT2D eigenvalue weighted by atomic mass is 16.4. The van der Waals surface area contributed by atoms with Crippen molar-refractivity contribution < 1.29 is 14.7 Å². The molecule has 0 fully saturated rings. The highest BCUT2D eigenvalue weighted by Gasteiger charge is 2.20. The predicted molar refractivity (Wildman–Crippen MR) is 82.3 cm³/mol. The number of carbonyl (C=O) groups is 2. The van der Waals surface area contributed by atoms with E-state index < -0.39 is 18.0 Å². The summed E-state index contributed by atoms with van der Waals surface area (Å²) in [5, 5.41) is 14.3. The molecule has 5 nitrogen and oxygen atoms in total.